The van der Waals surface area contributed by atoms with Crippen LogP contribution >= 0.6 is 15.9 Å². The molecule has 0 N–H and O–H groups in total. The summed E-state index contributed by atoms with van der Waals surface area (Å²) >= 11 is 3.44. The van der Waals surface area contributed by atoms with Gasteiger partial charge < -0.3 is 9.64 Å². The van der Waals surface area contributed by atoms with Gasteiger partial charge >= 0.3 is 0 Å². The van der Waals surface area contributed by atoms with E-state index in [-0.39, 0.29) is 5.91 Å². The number of hydrogen-bond acceptors (Lipinski definition) is 3. The van der Waals surface area contributed by atoms with E-state index in [0.717, 1.165) is 21.3 Å². The summed E-state index contributed by atoms with van der Waals surface area (Å²) in [6, 6.07) is 15.8. The van der Waals surface area contributed by atoms with Gasteiger partial charge in [0.25, 0.3) is 0 Å². The fourth-order valence-electron chi connectivity index (χ4n) is 2.82. The molecule has 6 heteroatoms. The van der Waals surface area contributed by atoms with Crippen molar-refractivity contribution in [3.63, 3.8) is 0 Å². The molecule has 0 aliphatic heterocycles. The smallest absolute Gasteiger partial charge is 0.246 e. The van der Waals surface area contributed by atoms with Crippen LogP contribution in [0.4, 0.5) is 0 Å². The lowest BCUT2D eigenvalue weighted by atomic mass is 10.2. The van der Waals surface area contributed by atoms with Gasteiger partial charge in [0.1, 0.15) is 5.75 Å². The molecule has 5 nitrogen and oxygen atoms in total. The van der Waals surface area contributed by atoms with Gasteiger partial charge in [-0.1, -0.05) is 46.3 Å². The van der Waals surface area contributed by atoms with Gasteiger partial charge in [-0.2, -0.15) is 5.10 Å². The number of nitrogens with zero attached hydrogens (tertiary/aromatic N) is 3. The molecular formula is C22H22BrN3O2. The van der Waals surface area contributed by atoms with Crippen molar-refractivity contribution in [3.05, 3.63) is 88.2 Å². The normalized spacial score (nSPS) is 11.0. The van der Waals surface area contributed by atoms with E-state index in [9.17, 15) is 4.79 Å². The van der Waals surface area contributed by atoms with Crippen molar-refractivity contribution in [2.75, 3.05) is 14.2 Å². The quantitative estimate of drug-likeness (QED) is 0.513. The minimum atomic E-state index is -0.0853. The molecule has 0 aliphatic carbocycles. The molecule has 0 spiro atoms. The molecule has 0 saturated heterocycles. The average Bonchev–Trinajstić information content (AvgIpc) is 3.13. The minimum Gasteiger partial charge on any atom is -0.496 e. The van der Waals surface area contributed by atoms with Crippen molar-refractivity contribution in [2.45, 2.75) is 13.1 Å². The summed E-state index contributed by atoms with van der Waals surface area (Å²) in [6.45, 7) is 1.20. The molecule has 2 aromatic carbocycles. The lowest BCUT2D eigenvalue weighted by Gasteiger charge is -2.13. The monoisotopic (exact) mass is 439 g/mol. The number of hydrogen-bond donors (Lipinski definition) is 0. The number of ether oxygens (including phenoxy) is 1. The van der Waals surface area contributed by atoms with Crippen molar-refractivity contribution in [3.8, 4) is 5.75 Å². The molecule has 3 rings (SSSR count). The molecule has 144 valence electrons. The zero-order valence-electron chi connectivity index (χ0n) is 15.9. The summed E-state index contributed by atoms with van der Waals surface area (Å²) in [6.07, 6.45) is 7.09. The van der Waals surface area contributed by atoms with Crippen molar-refractivity contribution < 1.29 is 9.53 Å². The average molecular weight is 440 g/mol. The molecule has 1 amide bonds. The molecular weight excluding hydrogens is 418 g/mol. The highest BCUT2D eigenvalue weighted by Gasteiger charge is 2.09. The van der Waals surface area contributed by atoms with E-state index in [1.54, 1.807) is 37.4 Å². The molecule has 0 radical (unpaired) electrons. The van der Waals surface area contributed by atoms with Gasteiger partial charge in [0.05, 0.1) is 19.9 Å². The van der Waals surface area contributed by atoms with E-state index in [4.69, 9.17) is 4.74 Å². The molecule has 1 aromatic heterocycles. The third-order valence-corrected chi connectivity index (χ3v) is 4.76. The highest BCUT2D eigenvalue weighted by atomic mass is 79.9. The van der Waals surface area contributed by atoms with Gasteiger partial charge in [-0.25, -0.2) is 0 Å². The first-order valence-corrected chi connectivity index (χ1v) is 9.66. The summed E-state index contributed by atoms with van der Waals surface area (Å²) in [7, 11) is 3.39. The van der Waals surface area contributed by atoms with E-state index in [1.165, 1.54) is 5.56 Å². The lowest BCUT2D eigenvalue weighted by molar-refractivity contribution is -0.125. The standard InChI is InChI=1S/C22H22BrN3O2/c1-25(22(27)11-8-19-12-20(23)9-10-21(19)28-2)14-18-13-24-26(16-18)15-17-6-4-3-5-7-17/h3-13,16H,14-15H2,1-2H3/b11-8+. The Hall–Kier alpha value is -2.86. The maximum absolute atomic E-state index is 12.5. The fourth-order valence-corrected chi connectivity index (χ4v) is 3.20. The Kier molecular flexibility index (Phi) is 6.66. The van der Waals surface area contributed by atoms with E-state index in [0.29, 0.717) is 13.1 Å². The van der Waals surface area contributed by atoms with E-state index in [1.807, 2.05) is 47.3 Å². The van der Waals surface area contributed by atoms with Crippen LogP contribution in [-0.2, 0) is 17.9 Å². The molecule has 28 heavy (non-hydrogen) atoms. The second-order valence-corrected chi connectivity index (χ2v) is 7.36. The zero-order valence-corrected chi connectivity index (χ0v) is 17.5. The number of rotatable bonds is 7. The topological polar surface area (TPSA) is 47.4 Å². The Balaban J connectivity index is 1.61. The van der Waals surface area contributed by atoms with Crippen LogP contribution in [0, 0.1) is 0 Å². The van der Waals surface area contributed by atoms with Gasteiger partial charge in [0, 0.05) is 41.5 Å². The summed E-state index contributed by atoms with van der Waals surface area (Å²) < 4.78 is 8.14. The van der Waals surface area contributed by atoms with Crippen LogP contribution in [0.25, 0.3) is 6.08 Å². The largest absolute Gasteiger partial charge is 0.496 e. The number of halogens is 1. The Morgan fingerprint density at radius 2 is 2.00 bits per heavy atom. The maximum atomic E-state index is 12.5. The predicted octanol–water partition coefficient (Wildman–Crippen LogP) is 4.37. The maximum Gasteiger partial charge on any atom is 0.246 e. The van der Waals surface area contributed by atoms with Crippen LogP contribution in [0.5, 0.6) is 5.75 Å². The Labute approximate surface area is 173 Å². The minimum absolute atomic E-state index is 0.0853. The third kappa shape index (κ3) is 5.33. The number of likely N-dealkylation sites (N-methyl/N-ethyl adjacent to an activating group) is 1. The molecule has 0 saturated carbocycles. The first-order chi connectivity index (χ1) is 13.5. The van der Waals surface area contributed by atoms with Crippen LogP contribution in [0.3, 0.4) is 0 Å². The number of carbonyl (C=O) groups excluding carboxylic acids is 1. The first kappa shape index (κ1) is 19.9. The van der Waals surface area contributed by atoms with Crippen LogP contribution in [0.1, 0.15) is 16.7 Å². The summed E-state index contributed by atoms with van der Waals surface area (Å²) in [5.41, 5.74) is 3.02. The molecule has 0 fully saturated rings. The second kappa shape index (κ2) is 9.37. The van der Waals surface area contributed by atoms with Crippen LogP contribution in [0.15, 0.2) is 71.5 Å². The SMILES string of the molecule is COc1ccc(Br)cc1/C=C/C(=O)N(C)Cc1cnn(Cc2ccccc2)c1. The van der Waals surface area contributed by atoms with Gasteiger partial charge in [-0.05, 0) is 29.8 Å². The summed E-state index contributed by atoms with van der Waals surface area (Å²) in [4.78, 5) is 14.1. The van der Waals surface area contributed by atoms with E-state index in [2.05, 4.69) is 33.2 Å². The zero-order chi connectivity index (χ0) is 19.9. The van der Waals surface area contributed by atoms with Crippen molar-refractivity contribution in [1.29, 1.82) is 0 Å². The Morgan fingerprint density at radius 3 is 2.75 bits per heavy atom. The van der Waals surface area contributed by atoms with Crippen LogP contribution in [-0.4, -0.2) is 34.7 Å². The second-order valence-electron chi connectivity index (χ2n) is 6.45. The highest BCUT2D eigenvalue weighted by Crippen LogP contribution is 2.24. The molecule has 1 heterocycles. The van der Waals surface area contributed by atoms with Crippen molar-refractivity contribution in [2.24, 2.45) is 0 Å². The lowest BCUT2D eigenvalue weighted by Crippen LogP contribution is -2.23. The molecule has 0 bridgehead atoms. The first-order valence-electron chi connectivity index (χ1n) is 8.87. The van der Waals surface area contributed by atoms with Crippen molar-refractivity contribution in [1.82, 2.24) is 14.7 Å². The highest BCUT2D eigenvalue weighted by molar-refractivity contribution is 9.10. The number of carbonyl (C=O) groups is 1. The number of benzene rings is 2. The fraction of sp³-hybridized carbons (Fsp3) is 0.182. The summed E-state index contributed by atoms with van der Waals surface area (Å²) in [5, 5.41) is 4.39. The van der Waals surface area contributed by atoms with Gasteiger partial charge in [0.2, 0.25) is 5.91 Å². The molecule has 3 aromatic rings. The van der Waals surface area contributed by atoms with Crippen LogP contribution in [0.2, 0.25) is 0 Å². The third-order valence-electron chi connectivity index (χ3n) is 4.27. The van der Waals surface area contributed by atoms with Gasteiger partial charge in [0.15, 0.2) is 0 Å². The number of amides is 1. The Morgan fingerprint density at radius 1 is 1.21 bits per heavy atom. The molecule has 0 unspecified atom stereocenters. The molecule has 0 aliphatic rings. The Bertz CT molecular complexity index is 967. The number of aromatic nitrogens is 2. The van der Waals surface area contributed by atoms with Gasteiger partial charge in [-0.3, -0.25) is 9.48 Å². The van der Waals surface area contributed by atoms with Gasteiger partial charge in [-0.15, -0.1) is 0 Å². The predicted molar refractivity (Wildman–Crippen MR) is 114 cm³/mol. The van der Waals surface area contributed by atoms with Crippen LogP contribution < -0.4 is 4.74 Å². The van der Waals surface area contributed by atoms with E-state index < -0.39 is 0 Å². The summed E-state index contributed by atoms with van der Waals surface area (Å²) in [5.74, 6) is 0.634. The van der Waals surface area contributed by atoms with E-state index >= 15 is 0 Å². The number of methoxy groups -OCH3 is 1. The van der Waals surface area contributed by atoms with Crippen molar-refractivity contribution >= 4 is 27.9 Å². The molecule has 0 atom stereocenters.